The highest BCUT2D eigenvalue weighted by Crippen LogP contribution is 2.50. The van der Waals surface area contributed by atoms with Gasteiger partial charge in [-0.1, -0.05) is 54.7 Å². The summed E-state index contributed by atoms with van der Waals surface area (Å²) in [5, 5.41) is 21.6. The van der Waals surface area contributed by atoms with Crippen LogP contribution in [0.15, 0.2) is 36.4 Å². The van der Waals surface area contributed by atoms with Crippen LogP contribution >= 0.6 is 35.6 Å². The Morgan fingerprint density at radius 2 is 1.91 bits per heavy atom. The van der Waals surface area contributed by atoms with E-state index in [0.717, 1.165) is 32.4 Å². The quantitative estimate of drug-likeness (QED) is 0.630. The second-order valence-electron chi connectivity index (χ2n) is 8.04. The number of likely N-dealkylation sites (N-methyl/N-ethyl adjacent to an activating group) is 1. The molecule has 0 spiro atoms. The molecule has 1 fully saturated rings. The molecule has 6 nitrogen and oxygen atoms in total. The first kappa shape index (κ1) is 24.8. The van der Waals surface area contributed by atoms with Crippen LogP contribution in [0.25, 0.3) is 0 Å². The highest BCUT2D eigenvalue weighted by atomic mass is 35.5. The summed E-state index contributed by atoms with van der Waals surface area (Å²) < 4.78 is 0. The third-order valence-corrected chi connectivity index (χ3v) is 6.96. The third kappa shape index (κ3) is 3.99. The number of hydrogen-bond donors (Lipinski definition) is 2. The number of carbonyl (C=O) groups is 2. The molecule has 2 aromatic rings. The minimum absolute atomic E-state index is 0. The number of rotatable bonds is 5. The van der Waals surface area contributed by atoms with Crippen LogP contribution in [-0.4, -0.2) is 52.7 Å². The number of anilines is 1. The summed E-state index contributed by atoms with van der Waals surface area (Å²) in [5.41, 5.74) is -1.41. The van der Waals surface area contributed by atoms with Crippen molar-refractivity contribution in [1.29, 1.82) is 0 Å². The van der Waals surface area contributed by atoms with Gasteiger partial charge in [0.15, 0.2) is 5.60 Å². The topological polar surface area (TPSA) is 81.1 Å². The predicted molar refractivity (Wildman–Crippen MR) is 127 cm³/mol. The zero-order valence-electron chi connectivity index (χ0n) is 17.6. The number of aliphatic hydroxyl groups is 1. The Bertz CT molecular complexity index is 1050. The molecule has 4 rings (SSSR count). The van der Waals surface area contributed by atoms with Crippen molar-refractivity contribution < 1.29 is 19.8 Å². The smallest absolute Gasteiger partial charge is 0.335 e. The number of carboxylic acids is 1. The number of halogens is 3. The predicted octanol–water partition coefficient (Wildman–Crippen LogP) is 4.57. The lowest BCUT2D eigenvalue weighted by Crippen LogP contribution is -2.50. The minimum Gasteiger partial charge on any atom is -0.478 e. The van der Waals surface area contributed by atoms with Crippen molar-refractivity contribution in [3.63, 3.8) is 0 Å². The van der Waals surface area contributed by atoms with Crippen LogP contribution in [0, 0.1) is 0 Å². The number of aromatic carboxylic acids is 1. The molecular weight excluding hydrogens is 475 g/mol. The Morgan fingerprint density at radius 3 is 2.56 bits per heavy atom. The number of benzene rings is 2. The maximum Gasteiger partial charge on any atom is 0.335 e. The van der Waals surface area contributed by atoms with Crippen LogP contribution in [0.1, 0.15) is 47.7 Å². The molecule has 2 aromatic carbocycles. The summed E-state index contributed by atoms with van der Waals surface area (Å²) in [6.45, 7) is 4.22. The molecule has 32 heavy (non-hydrogen) atoms. The van der Waals surface area contributed by atoms with Crippen LogP contribution in [-0.2, 0) is 10.4 Å². The van der Waals surface area contributed by atoms with Crippen LogP contribution in [0.3, 0.4) is 0 Å². The first-order valence-electron chi connectivity index (χ1n) is 10.4. The molecule has 2 aliphatic rings. The average Bonchev–Trinajstić information content (AvgIpc) is 2.97. The van der Waals surface area contributed by atoms with Crippen molar-refractivity contribution in [1.82, 2.24) is 4.90 Å². The Morgan fingerprint density at radius 1 is 1.19 bits per heavy atom. The second kappa shape index (κ2) is 9.57. The van der Waals surface area contributed by atoms with Crippen molar-refractivity contribution in [3.8, 4) is 0 Å². The lowest BCUT2D eigenvalue weighted by molar-refractivity contribution is -0.132. The van der Waals surface area contributed by atoms with E-state index in [4.69, 9.17) is 23.2 Å². The molecule has 0 aliphatic carbocycles. The van der Waals surface area contributed by atoms with Crippen molar-refractivity contribution in [2.75, 3.05) is 24.5 Å². The van der Waals surface area contributed by atoms with Gasteiger partial charge in [-0.15, -0.1) is 12.4 Å². The largest absolute Gasteiger partial charge is 0.478 e. The summed E-state index contributed by atoms with van der Waals surface area (Å²) in [7, 11) is 0. The molecule has 0 bridgehead atoms. The Kier molecular flexibility index (Phi) is 7.42. The van der Waals surface area contributed by atoms with Crippen LogP contribution < -0.4 is 4.90 Å². The average molecular weight is 500 g/mol. The van der Waals surface area contributed by atoms with E-state index in [2.05, 4.69) is 11.8 Å². The standard InChI is InChI=1S/C23H24Cl2N2O4.ClH/c1-2-26-10-6-5-7-15(26)13-27-19-12-14(21(28)29)11-18(25)20(19)23(31,22(27)30)16-8-3-4-9-17(16)24;/h3-4,8-9,11-12,15,31H,2,5-7,10,13H2,1H3,(H,28,29);1H. The zero-order chi connectivity index (χ0) is 22.3. The molecule has 9 heteroatoms. The number of amides is 1. The molecular formula is C23H25Cl3N2O4. The van der Waals surface area contributed by atoms with Gasteiger partial charge in [-0.2, -0.15) is 0 Å². The molecule has 172 valence electrons. The molecule has 1 saturated heterocycles. The fourth-order valence-corrected chi connectivity index (χ4v) is 5.40. The van der Waals surface area contributed by atoms with E-state index in [1.165, 1.54) is 17.0 Å². The molecule has 0 aromatic heterocycles. The van der Waals surface area contributed by atoms with Gasteiger partial charge in [-0.05, 0) is 44.1 Å². The number of nitrogens with zero attached hydrogens (tertiary/aromatic N) is 2. The Hall–Kier alpha value is -1.83. The van der Waals surface area contributed by atoms with E-state index in [0.29, 0.717) is 12.2 Å². The number of piperidine rings is 1. The number of fused-ring (bicyclic) bond motifs is 1. The maximum absolute atomic E-state index is 13.7. The minimum atomic E-state index is -2.09. The van der Waals surface area contributed by atoms with Crippen LogP contribution in [0.5, 0.6) is 0 Å². The second-order valence-corrected chi connectivity index (χ2v) is 8.86. The third-order valence-electron chi connectivity index (χ3n) is 6.34. The van der Waals surface area contributed by atoms with Gasteiger partial charge in [0, 0.05) is 28.7 Å². The summed E-state index contributed by atoms with van der Waals surface area (Å²) >= 11 is 12.8. The molecule has 0 radical (unpaired) electrons. The van der Waals surface area contributed by atoms with E-state index in [-0.39, 0.29) is 45.2 Å². The molecule has 2 aliphatic heterocycles. The van der Waals surface area contributed by atoms with Gasteiger partial charge >= 0.3 is 5.97 Å². The van der Waals surface area contributed by atoms with Gasteiger partial charge in [0.05, 0.1) is 16.3 Å². The lowest BCUT2D eigenvalue weighted by Gasteiger charge is -2.37. The molecule has 2 heterocycles. The van der Waals surface area contributed by atoms with Gasteiger partial charge in [-0.3, -0.25) is 9.69 Å². The summed E-state index contributed by atoms with van der Waals surface area (Å²) in [6.07, 6.45) is 3.08. The van der Waals surface area contributed by atoms with Gasteiger partial charge in [0.25, 0.3) is 5.91 Å². The van der Waals surface area contributed by atoms with E-state index >= 15 is 0 Å². The first-order valence-corrected chi connectivity index (χ1v) is 11.1. The number of likely N-dealkylation sites (tertiary alicyclic amines) is 1. The van der Waals surface area contributed by atoms with Crippen LogP contribution in [0.2, 0.25) is 10.0 Å². The van der Waals surface area contributed by atoms with Gasteiger partial charge in [0.2, 0.25) is 0 Å². The molecule has 2 atom stereocenters. The zero-order valence-corrected chi connectivity index (χ0v) is 19.9. The molecule has 0 saturated carbocycles. The summed E-state index contributed by atoms with van der Waals surface area (Å²) in [6, 6.07) is 9.38. The van der Waals surface area contributed by atoms with Crippen molar-refractivity contribution in [3.05, 3.63) is 63.1 Å². The summed E-state index contributed by atoms with van der Waals surface area (Å²) in [4.78, 5) is 29.2. The van der Waals surface area contributed by atoms with E-state index in [1.807, 2.05) is 0 Å². The fourth-order valence-electron chi connectivity index (χ4n) is 4.78. The van der Waals surface area contributed by atoms with Crippen LogP contribution in [0.4, 0.5) is 5.69 Å². The fraction of sp³-hybridized carbons (Fsp3) is 0.391. The van der Waals surface area contributed by atoms with Crippen molar-refractivity contribution in [2.24, 2.45) is 0 Å². The number of hydrogen-bond acceptors (Lipinski definition) is 4. The van der Waals surface area contributed by atoms with Crippen molar-refractivity contribution in [2.45, 2.75) is 37.8 Å². The number of carboxylic acid groups (broad SMARTS) is 1. The molecule has 2 N–H and O–H groups in total. The molecule has 1 amide bonds. The van der Waals surface area contributed by atoms with E-state index < -0.39 is 17.5 Å². The van der Waals surface area contributed by atoms with Crippen molar-refractivity contribution >= 4 is 53.2 Å². The summed E-state index contributed by atoms with van der Waals surface area (Å²) in [5.74, 6) is -1.72. The SMILES string of the molecule is CCN1CCCCC1CN1C(=O)C(O)(c2ccccc2Cl)c2c(Cl)cc(C(=O)O)cc21.Cl. The highest BCUT2D eigenvalue weighted by Gasteiger charge is 2.54. The first-order chi connectivity index (χ1) is 14.8. The normalized spacial score (nSPS) is 23.1. The number of carbonyl (C=O) groups excluding carboxylic acids is 1. The van der Waals surface area contributed by atoms with E-state index in [1.54, 1.807) is 24.3 Å². The Labute approximate surface area is 203 Å². The Balaban J connectivity index is 0.00000289. The monoisotopic (exact) mass is 498 g/mol. The lowest BCUT2D eigenvalue weighted by atomic mass is 9.87. The van der Waals surface area contributed by atoms with Gasteiger partial charge in [-0.25, -0.2) is 4.79 Å². The van der Waals surface area contributed by atoms with Gasteiger partial charge < -0.3 is 15.1 Å². The highest BCUT2D eigenvalue weighted by molar-refractivity contribution is 6.35. The molecule has 2 unspecified atom stereocenters. The van der Waals surface area contributed by atoms with Gasteiger partial charge in [0.1, 0.15) is 0 Å². The maximum atomic E-state index is 13.7. The van der Waals surface area contributed by atoms with E-state index in [9.17, 15) is 19.8 Å².